The van der Waals surface area contributed by atoms with Gasteiger partial charge in [0.15, 0.2) is 15.7 Å². The summed E-state index contributed by atoms with van der Waals surface area (Å²) in [6.07, 6.45) is 0.407. The van der Waals surface area contributed by atoms with Crippen LogP contribution in [0.25, 0.3) is 11.8 Å². The van der Waals surface area contributed by atoms with Gasteiger partial charge in [0, 0.05) is 17.2 Å². The topological polar surface area (TPSA) is 123 Å². The number of amides is 1. The van der Waals surface area contributed by atoms with Crippen molar-refractivity contribution in [1.29, 1.82) is 0 Å². The van der Waals surface area contributed by atoms with E-state index in [9.17, 15) is 27.1 Å². The maximum absolute atomic E-state index is 12.7. The largest absolute Gasteiger partial charge is 0.435 e. The van der Waals surface area contributed by atoms with Gasteiger partial charge in [-0.3, -0.25) is 4.79 Å². The number of aliphatic imine (C=N–C) groups is 1. The number of benzene rings is 1. The van der Waals surface area contributed by atoms with E-state index in [2.05, 4.69) is 26.9 Å². The lowest BCUT2D eigenvalue weighted by Crippen LogP contribution is -2.63. The number of carbonyl (C=O) groups is 1. The number of aromatic nitrogens is 2. The molecule has 1 aromatic heterocycles. The Morgan fingerprint density at radius 1 is 1.42 bits per heavy atom. The first-order chi connectivity index (χ1) is 15.3. The molecule has 0 radical (unpaired) electrons. The Morgan fingerprint density at radius 2 is 2.09 bits per heavy atom. The van der Waals surface area contributed by atoms with Gasteiger partial charge >= 0.3 is 6.61 Å². The van der Waals surface area contributed by atoms with E-state index in [0.29, 0.717) is 11.3 Å². The van der Waals surface area contributed by atoms with Crippen LogP contribution in [0.4, 0.5) is 14.6 Å². The minimum absolute atomic E-state index is 0.0945. The Labute approximate surface area is 189 Å². The third kappa shape index (κ3) is 5.45. The smallest absolute Gasteiger partial charge is 0.387 e. The SMILES string of the molecule is C=Nc1c(/C=C(\C)C(=O)NC2(C)CS(=O)(=O)C2)c([C@@H](C)O)nn1-c1cccc(OC(F)F)c1. The maximum atomic E-state index is 12.7. The van der Waals surface area contributed by atoms with E-state index < -0.39 is 34.0 Å². The number of aliphatic hydroxyl groups is 1. The third-order valence-corrected chi connectivity index (χ3v) is 7.12. The molecule has 178 valence electrons. The molecular weight excluding hydrogens is 458 g/mol. The molecule has 1 aliphatic heterocycles. The van der Waals surface area contributed by atoms with Crippen molar-refractivity contribution in [3.63, 3.8) is 0 Å². The average Bonchev–Trinajstić information content (AvgIpc) is 3.04. The van der Waals surface area contributed by atoms with Crippen molar-refractivity contribution in [2.45, 2.75) is 39.0 Å². The lowest BCUT2D eigenvalue weighted by molar-refractivity contribution is -0.118. The molecule has 12 heteroatoms. The first-order valence-corrected chi connectivity index (χ1v) is 11.7. The number of alkyl halides is 2. The zero-order valence-corrected chi connectivity index (χ0v) is 19.1. The Kier molecular flexibility index (Phi) is 6.70. The second kappa shape index (κ2) is 9.02. The fourth-order valence-corrected chi connectivity index (χ4v) is 5.66. The molecule has 1 atom stereocenters. The highest BCUT2D eigenvalue weighted by Crippen LogP contribution is 2.33. The monoisotopic (exact) mass is 482 g/mol. The van der Waals surface area contributed by atoms with Gasteiger partial charge in [0.1, 0.15) is 11.4 Å². The second-order valence-corrected chi connectivity index (χ2v) is 10.2. The molecule has 1 amide bonds. The Balaban J connectivity index is 1.99. The summed E-state index contributed by atoms with van der Waals surface area (Å²) in [6.45, 7) is 5.17. The first kappa shape index (κ1) is 24.5. The lowest BCUT2D eigenvalue weighted by Gasteiger charge is -2.38. The van der Waals surface area contributed by atoms with Crippen LogP contribution < -0.4 is 10.1 Å². The summed E-state index contributed by atoms with van der Waals surface area (Å²) in [4.78, 5) is 16.6. The quantitative estimate of drug-likeness (QED) is 0.440. The predicted octanol–water partition coefficient (Wildman–Crippen LogP) is 2.57. The highest BCUT2D eigenvalue weighted by Gasteiger charge is 2.45. The van der Waals surface area contributed by atoms with Crippen molar-refractivity contribution < 1.29 is 31.8 Å². The molecule has 3 rings (SSSR count). The molecule has 9 nitrogen and oxygen atoms in total. The van der Waals surface area contributed by atoms with Gasteiger partial charge in [-0.2, -0.15) is 13.9 Å². The van der Waals surface area contributed by atoms with E-state index in [1.807, 2.05) is 0 Å². The van der Waals surface area contributed by atoms with Crippen molar-refractivity contribution in [1.82, 2.24) is 15.1 Å². The lowest BCUT2D eigenvalue weighted by atomic mass is 10.0. The zero-order valence-electron chi connectivity index (χ0n) is 18.2. The molecule has 0 spiro atoms. The number of halogens is 2. The molecule has 1 aliphatic rings. The molecule has 33 heavy (non-hydrogen) atoms. The van der Waals surface area contributed by atoms with Crippen molar-refractivity contribution in [3.8, 4) is 11.4 Å². The summed E-state index contributed by atoms with van der Waals surface area (Å²) in [6, 6.07) is 5.75. The molecule has 0 bridgehead atoms. The van der Waals surface area contributed by atoms with E-state index in [4.69, 9.17) is 0 Å². The van der Waals surface area contributed by atoms with Gasteiger partial charge in [-0.25, -0.2) is 18.1 Å². The summed E-state index contributed by atoms with van der Waals surface area (Å²) in [5.41, 5.74) is 0.182. The molecule has 2 aromatic rings. The summed E-state index contributed by atoms with van der Waals surface area (Å²) in [5, 5.41) is 17.3. The number of hydrogen-bond acceptors (Lipinski definition) is 7. The fourth-order valence-electron chi connectivity index (χ4n) is 3.66. The van der Waals surface area contributed by atoms with Crippen LogP contribution in [-0.2, 0) is 14.6 Å². The number of sulfone groups is 1. The zero-order chi connectivity index (χ0) is 24.6. The Morgan fingerprint density at radius 3 is 2.64 bits per heavy atom. The van der Waals surface area contributed by atoms with Crippen LogP contribution >= 0.6 is 0 Å². The van der Waals surface area contributed by atoms with Crippen LogP contribution in [0.15, 0.2) is 34.8 Å². The van der Waals surface area contributed by atoms with Gasteiger partial charge in [-0.05, 0) is 45.7 Å². The molecule has 1 aromatic carbocycles. The van der Waals surface area contributed by atoms with Gasteiger partial charge < -0.3 is 15.2 Å². The summed E-state index contributed by atoms with van der Waals surface area (Å²) in [7, 11) is -3.15. The highest BCUT2D eigenvalue weighted by atomic mass is 32.2. The van der Waals surface area contributed by atoms with E-state index in [1.165, 1.54) is 42.8 Å². The number of hydrogen-bond donors (Lipinski definition) is 2. The summed E-state index contributed by atoms with van der Waals surface area (Å²) < 4.78 is 53.9. The molecule has 1 saturated heterocycles. The number of nitrogens with one attached hydrogen (secondary N) is 1. The predicted molar refractivity (Wildman–Crippen MR) is 119 cm³/mol. The average molecular weight is 483 g/mol. The molecule has 0 aliphatic carbocycles. The van der Waals surface area contributed by atoms with E-state index in [1.54, 1.807) is 13.0 Å². The van der Waals surface area contributed by atoms with Gasteiger partial charge in [-0.15, -0.1) is 0 Å². The van der Waals surface area contributed by atoms with Crippen LogP contribution in [-0.4, -0.2) is 59.6 Å². The van der Waals surface area contributed by atoms with Gasteiger partial charge in [0.2, 0.25) is 5.91 Å². The number of rotatable bonds is 8. The fraction of sp³-hybridized carbons (Fsp3) is 0.381. The van der Waals surface area contributed by atoms with Crippen LogP contribution in [0.5, 0.6) is 5.75 Å². The van der Waals surface area contributed by atoms with Crippen LogP contribution in [0.1, 0.15) is 38.1 Å². The van der Waals surface area contributed by atoms with E-state index in [-0.39, 0.29) is 34.3 Å². The van der Waals surface area contributed by atoms with Gasteiger partial charge in [0.25, 0.3) is 0 Å². The number of ether oxygens (including phenoxy) is 1. The van der Waals surface area contributed by atoms with Gasteiger partial charge in [-0.1, -0.05) is 6.07 Å². The first-order valence-electron chi connectivity index (χ1n) is 9.88. The molecule has 1 fully saturated rings. The molecule has 0 unspecified atom stereocenters. The normalized spacial score (nSPS) is 17.8. The van der Waals surface area contributed by atoms with Crippen LogP contribution in [0.2, 0.25) is 0 Å². The molecule has 2 heterocycles. The third-order valence-electron chi connectivity index (χ3n) is 4.97. The van der Waals surface area contributed by atoms with Gasteiger partial charge in [0.05, 0.1) is 28.8 Å². The highest BCUT2D eigenvalue weighted by molar-refractivity contribution is 7.93. The number of aliphatic hydroxyl groups excluding tert-OH is 1. The second-order valence-electron chi connectivity index (χ2n) is 8.12. The maximum Gasteiger partial charge on any atom is 0.387 e. The minimum Gasteiger partial charge on any atom is -0.435 e. The van der Waals surface area contributed by atoms with E-state index >= 15 is 0 Å². The molecule has 2 N–H and O–H groups in total. The summed E-state index contributed by atoms with van der Waals surface area (Å²) in [5.74, 6) is -0.703. The standard InChI is InChI=1S/C21H24F2N4O5S/c1-12(19(29)25-21(3)10-33(30,31)11-21)8-16-17(13(2)28)26-27(18(16)24-4)14-6-5-7-15(9-14)32-20(22)23/h5-9,13,20,28H,4,10-11H2,1-3H3,(H,25,29)/b12-8+/t13-/m1/s1. The van der Waals surface area contributed by atoms with Crippen molar-refractivity contribution in [2.24, 2.45) is 4.99 Å². The Bertz CT molecular complexity index is 1210. The van der Waals surface area contributed by atoms with Crippen LogP contribution in [0, 0.1) is 0 Å². The Hall–Kier alpha value is -3.12. The van der Waals surface area contributed by atoms with Crippen molar-refractivity contribution >= 4 is 34.4 Å². The molecule has 0 saturated carbocycles. The molecular formula is C21H24F2N4O5S. The van der Waals surface area contributed by atoms with Crippen molar-refractivity contribution in [2.75, 3.05) is 11.5 Å². The number of nitrogens with zero attached hydrogens (tertiary/aromatic N) is 3. The number of carbonyl (C=O) groups excluding carboxylic acids is 1. The summed E-state index contributed by atoms with van der Waals surface area (Å²) >= 11 is 0. The van der Waals surface area contributed by atoms with Crippen LogP contribution in [0.3, 0.4) is 0 Å². The minimum atomic E-state index is -3.15. The van der Waals surface area contributed by atoms with E-state index in [0.717, 1.165) is 0 Å². The van der Waals surface area contributed by atoms with Crippen molar-refractivity contribution in [3.05, 3.63) is 41.1 Å².